The molecule has 0 unspecified atom stereocenters. The van der Waals surface area contributed by atoms with Crippen molar-refractivity contribution >= 4 is 29.0 Å². The van der Waals surface area contributed by atoms with E-state index in [9.17, 15) is 14.4 Å². The van der Waals surface area contributed by atoms with Crippen molar-refractivity contribution < 1.29 is 14.4 Å². The number of aromatic nitrogens is 1. The van der Waals surface area contributed by atoms with Crippen molar-refractivity contribution in [2.24, 2.45) is 0 Å². The van der Waals surface area contributed by atoms with Crippen molar-refractivity contribution in [3.63, 3.8) is 0 Å². The van der Waals surface area contributed by atoms with Crippen LogP contribution in [0.15, 0.2) is 42.7 Å². The molecule has 0 spiro atoms. The SMILES string of the molecule is CC(=O)N1CCc2ccc(NC(=O)CCC(=O)c3cccnc3)cc21. The molecule has 0 atom stereocenters. The standard InChI is InChI=1S/C19H19N3O3/c1-13(23)22-10-8-14-4-5-16(11-17(14)22)21-19(25)7-6-18(24)15-3-2-9-20-12-15/h2-5,9,11-12H,6-8,10H2,1H3,(H,21,25). The van der Waals surface area contributed by atoms with E-state index in [1.54, 1.807) is 23.2 Å². The molecule has 6 heteroatoms. The van der Waals surface area contributed by atoms with E-state index in [0.717, 1.165) is 17.7 Å². The molecule has 3 rings (SSSR count). The summed E-state index contributed by atoms with van der Waals surface area (Å²) in [5.41, 5.74) is 3.08. The molecule has 0 bridgehead atoms. The van der Waals surface area contributed by atoms with E-state index in [1.807, 2.05) is 18.2 Å². The summed E-state index contributed by atoms with van der Waals surface area (Å²) < 4.78 is 0. The molecule has 1 aliphatic rings. The van der Waals surface area contributed by atoms with E-state index in [0.29, 0.717) is 17.8 Å². The summed E-state index contributed by atoms with van der Waals surface area (Å²) in [6.45, 7) is 2.20. The Morgan fingerprint density at radius 3 is 2.76 bits per heavy atom. The predicted octanol–water partition coefficient (Wildman–Crippen LogP) is 2.59. The third-order valence-electron chi connectivity index (χ3n) is 4.21. The van der Waals surface area contributed by atoms with Crippen LogP contribution in [0, 0.1) is 0 Å². The molecular weight excluding hydrogens is 318 g/mol. The number of ketones is 1. The first-order valence-corrected chi connectivity index (χ1v) is 8.18. The van der Waals surface area contributed by atoms with E-state index in [1.165, 1.54) is 13.1 Å². The molecule has 128 valence electrons. The van der Waals surface area contributed by atoms with E-state index in [-0.39, 0.29) is 30.4 Å². The van der Waals surface area contributed by atoms with Crippen LogP contribution in [0.25, 0.3) is 0 Å². The summed E-state index contributed by atoms with van der Waals surface area (Å²) in [4.78, 5) is 41.4. The monoisotopic (exact) mass is 337 g/mol. The number of hydrogen-bond acceptors (Lipinski definition) is 4. The molecule has 0 radical (unpaired) electrons. The highest BCUT2D eigenvalue weighted by atomic mass is 16.2. The predicted molar refractivity (Wildman–Crippen MR) is 94.6 cm³/mol. The third-order valence-corrected chi connectivity index (χ3v) is 4.21. The van der Waals surface area contributed by atoms with Crippen LogP contribution in [0.1, 0.15) is 35.7 Å². The molecule has 0 saturated carbocycles. The summed E-state index contributed by atoms with van der Waals surface area (Å²) in [6.07, 6.45) is 4.14. The van der Waals surface area contributed by atoms with Crippen molar-refractivity contribution in [3.8, 4) is 0 Å². The summed E-state index contributed by atoms with van der Waals surface area (Å²) in [7, 11) is 0. The number of pyridine rings is 1. The lowest BCUT2D eigenvalue weighted by molar-refractivity contribution is -0.117. The van der Waals surface area contributed by atoms with Gasteiger partial charge in [0.2, 0.25) is 11.8 Å². The number of carbonyl (C=O) groups excluding carboxylic acids is 3. The molecule has 0 saturated heterocycles. The number of nitrogens with zero attached hydrogens (tertiary/aromatic N) is 2. The van der Waals surface area contributed by atoms with Crippen LogP contribution >= 0.6 is 0 Å². The normalized spacial score (nSPS) is 12.6. The Morgan fingerprint density at radius 2 is 2.04 bits per heavy atom. The van der Waals surface area contributed by atoms with Crippen molar-refractivity contribution in [3.05, 3.63) is 53.9 Å². The largest absolute Gasteiger partial charge is 0.326 e. The lowest BCUT2D eigenvalue weighted by atomic mass is 10.1. The fourth-order valence-electron chi connectivity index (χ4n) is 2.91. The van der Waals surface area contributed by atoms with E-state index >= 15 is 0 Å². The van der Waals surface area contributed by atoms with Gasteiger partial charge < -0.3 is 10.2 Å². The van der Waals surface area contributed by atoms with Gasteiger partial charge in [-0.05, 0) is 36.2 Å². The van der Waals surface area contributed by atoms with Gasteiger partial charge in [0.25, 0.3) is 0 Å². The van der Waals surface area contributed by atoms with E-state index in [2.05, 4.69) is 10.3 Å². The second-order valence-corrected chi connectivity index (χ2v) is 5.98. The molecule has 1 aliphatic heterocycles. The maximum Gasteiger partial charge on any atom is 0.224 e. The molecule has 2 aromatic rings. The van der Waals surface area contributed by atoms with Crippen LogP contribution in [0.2, 0.25) is 0 Å². The van der Waals surface area contributed by atoms with Crippen LogP contribution in [0.5, 0.6) is 0 Å². The van der Waals surface area contributed by atoms with Crippen molar-refractivity contribution in [2.45, 2.75) is 26.2 Å². The van der Waals surface area contributed by atoms with E-state index < -0.39 is 0 Å². The minimum atomic E-state index is -0.232. The van der Waals surface area contributed by atoms with Gasteiger partial charge in [0.1, 0.15) is 0 Å². The highest BCUT2D eigenvalue weighted by Crippen LogP contribution is 2.30. The Labute approximate surface area is 145 Å². The minimum Gasteiger partial charge on any atom is -0.326 e. The highest BCUT2D eigenvalue weighted by molar-refractivity contribution is 6.00. The molecule has 2 amide bonds. The Morgan fingerprint density at radius 1 is 1.20 bits per heavy atom. The topological polar surface area (TPSA) is 79.4 Å². The maximum atomic E-state index is 12.1. The molecule has 25 heavy (non-hydrogen) atoms. The van der Waals surface area contributed by atoms with Gasteiger partial charge in [-0.1, -0.05) is 6.07 Å². The zero-order valence-electron chi connectivity index (χ0n) is 14.0. The summed E-state index contributed by atoms with van der Waals surface area (Å²) in [5.74, 6) is -0.353. The van der Waals surface area contributed by atoms with Gasteiger partial charge in [-0.2, -0.15) is 0 Å². The average molecular weight is 337 g/mol. The van der Waals surface area contributed by atoms with Crippen LogP contribution in [-0.4, -0.2) is 29.1 Å². The molecule has 1 N–H and O–H groups in total. The third kappa shape index (κ3) is 3.91. The highest BCUT2D eigenvalue weighted by Gasteiger charge is 2.22. The van der Waals surface area contributed by atoms with Gasteiger partial charge in [-0.15, -0.1) is 0 Å². The molecule has 0 aliphatic carbocycles. The average Bonchev–Trinajstić information content (AvgIpc) is 3.04. The summed E-state index contributed by atoms with van der Waals surface area (Å²) >= 11 is 0. The minimum absolute atomic E-state index is 0.00991. The Hall–Kier alpha value is -3.02. The first-order chi connectivity index (χ1) is 12.0. The lowest BCUT2D eigenvalue weighted by Gasteiger charge is -2.15. The first-order valence-electron chi connectivity index (χ1n) is 8.18. The number of carbonyl (C=O) groups is 3. The Bertz CT molecular complexity index is 818. The number of hydrogen-bond donors (Lipinski definition) is 1. The van der Waals surface area contributed by atoms with Gasteiger partial charge in [-0.25, -0.2) is 0 Å². The summed E-state index contributed by atoms with van der Waals surface area (Å²) in [6, 6.07) is 8.94. The number of benzene rings is 1. The van der Waals surface area contributed by atoms with Crippen LogP contribution in [-0.2, 0) is 16.0 Å². The smallest absolute Gasteiger partial charge is 0.224 e. The van der Waals surface area contributed by atoms with Crippen molar-refractivity contribution in [1.29, 1.82) is 0 Å². The fourth-order valence-corrected chi connectivity index (χ4v) is 2.91. The van der Waals surface area contributed by atoms with Gasteiger partial charge in [-0.3, -0.25) is 19.4 Å². The lowest BCUT2D eigenvalue weighted by Crippen LogP contribution is -2.25. The number of fused-ring (bicyclic) bond motifs is 1. The molecule has 6 nitrogen and oxygen atoms in total. The summed E-state index contributed by atoms with van der Waals surface area (Å²) in [5, 5.41) is 2.79. The molecule has 1 aromatic carbocycles. The maximum absolute atomic E-state index is 12.1. The van der Waals surface area contributed by atoms with Crippen LogP contribution < -0.4 is 10.2 Å². The quantitative estimate of drug-likeness (QED) is 0.851. The molecule has 0 fully saturated rings. The molecule has 1 aromatic heterocycles. The van der Waals surface area contributed by atoms with Crippen LogP contribution in [0.4, 0.5) is 11.4 Å². The Kier molecular flexibility index (Phi) is 4.88. The number of rotatable bonds is 5. The van der Waals surface area contributed by atoms with Gasteiger partial charge in [0.05, 0.1) is 0 Å². The van der Waals surface area contributed by atoms with Gasteiger partial charge >= 0.3 is 0 Å². The second kappa shape index (κ2) is 7.25. The number of amides is 2. The number of nitrogens with one attached hydrogen (secondary N) is 1. The van der Waals surface area contributed by atoms with Crippen LogP contribution in [0.3, 0.4) is 0 Å². The zero-order chi connectivity index (χ0) is 17.8. The Balaban J connectivity index is 1.59. The van der Waals surface area contributed by atoms with Gasteiger partial charge in [0.15, 0.2) is 5.78 Å². The number of Topliss-reactive ketones (excluding diaryl/α,β-unsaturated/α-hetero) is 1. The second-order valence-electron chi connectivity index (χ2n) is 5.98. The number of anilines is 2. The first kappa shape index (κ1) is 16.8. The van der Waals surface area contributed by atoms with Crippen molar-refractivity contribution in [2.75, 3.05) is 16.8 Å². The van der Waals surface area contributed by atoms with E-state index in [4.69, 9.17) is 0 Å². The fraction of sp³-hybridized carbons (Fsp3) is 0.263. The molecule has 2 heterocycles. The molecular formula is C19H19N3O3. The zero-order valence-corrected chi connectivity index (χ0v) is 14.0. The van der Waals surface area contributed by atoms with Crippen molar-refractivity contribution in [1.82, 2.24) is 4.98 Å². The van der Waals surface area contributed by atoms with Gasteiger partial charge in [0, 0.05) is 55.6 Å².